The quantitative estimate of drug-likeness (QED) is 0.752. The highest BCUT2D eigenvalue weighted by molar-refractivity contribution is 6.23. The summed E-state index contributed by atoms with van der Waals surface area (Å²) in [5.41, 5.74) is 0.556. The van der Waals surface area contributed by atoms with Gasteiger partial charge < -0.3 is 10.2 Å². The maximum atomic E-state index is 12.3. The molecule has 2 aliphatic rings. The lowest BCUT2D eigenvalue weighted by Crippen LogP contribution is -2.51. The van der Waals surface area contributed by atoms with Crippen LogP contribution in [0.5, 0.6) is 0 Å². The lowest BCUT2D eigenvalue weighted by atomic mass is 9.58. The van der Waals surface area contributed by atoms with Crippen molar-refractivity contribution in [2.75, 3.05) is 18.1 Å². The minimum Gasteiger partial charge on any atom is -0.396 e. The number of hydrogen-bond acceptors (Lipinski definition) is 4. The molecule has 1 aliphatic heterocycles. The summed E-state index contributed by atoms with van der Waals surface area (Å²) >= 11 is 0. The Morgan fingerprint density at radius 2 is 1.37 bits per heavy atom. The molecule has 100 valence electrons. The van der Waals surface area contributed by atoms with Gasteiger partial charge in [-0.1, -0.05) is 18.2 Å². The number of carbonyl (C=O) groups excluding carboxylic acids is 2. The highest BCUT2D eigenvalue weighted by atomic mass is 16.3. The van der Waals surface area contributed by atoms with E-state index in [0.717, 1.165) is 0 Å². The topological polar surface area (TPSA) is 77.8 Å². The van der Waals surface area contributed by atoms with Gasteiger partial charge in [-0.15, -0.1) is 0 Å². The van der Waals surface area contributed by atoms with Crippen molar-refractivity contribution in [1.29, 1.82) is 0 Å². The largest absolute Gasteiger partial charge is 0.396 e. The van der Waals surface area contributed by atoms with Crippen molar-refractivity contribution < 1.29 is 19.8 Å². The molecule has 0 bridgehead atoms. The number of aliphatic hydroxyl groups excluding tert-OH is 2. The minimum absolute atomic E-state index is 0.173. The number of fused-ring (bicyclic) bond motifs is 1. The number of hydrogen-bond donors (Lipinski definition) is 2. The highest BCUT2D eigenvalue weighted by Crippen LogP contribution is 2.52. The molecule has 1 aromatic carbocycles. The smallest absolute Gasteiger partial charge is 0.238 e. The molecule has 3 rings (SSSR count). The minimum atomic E-state index is -0.477. The highest BCUT2D eigenvalue weighted by Gasteiger charge is 2.64. The number of para-hydroxylation sites is 1. The van der Waals surface area contributed by atoms with E-state index in [0.29, 0.717) is 5.69 Å². The molecule has 2 amide bonds. The van der Waals surface area contributed by atoms with Crippen molar-refractivity contribution in [1.82, 2.24) is 0 Å². The van der Waals surface area contributed by atoms with Crippen LogP contribution in [0.25, 0.3) is 0 Å². The van der Waals surface area contributed by atoms with Crippen LogP contribution in [0.4, 0.5) is 5.69 Å². The summed E-state index contributed by atoms with van der Waals surface area (Å²) in [6, 6.07) is 8.77. The van der Waals surface area contributed by atoms with Crippen molar-refractivity contribution in [3.05, 3.63) is 30.3 Å². The third kappa shape index (κ3) is 1.55. The van der Waals surface area contributed by atoms with Gasteiger partial charge in [-0.2, -0.15) is 0 Å². The third-order valence-electron chi connectivity index (χ3n) is 4.31. The summed E-state index contributed by atoms with van der Waals surface area (Å²) < 4.78 is 0. The fourth-order valence-electron chi connectivity index (χ4n) is 3.33. The van der Waals surface area contributed by atoms with E-state index in [1.807, 2.05) is 6.07 Å². The lowest BCUT2D eigenvalue weighted by Gasteiger charge is -2.43. The molecule has 1 saturated heterocycles. The Kier molecular flexibility index (Phi) is 2.88. The molecule has 2 fully saturated rings. The second-order valence-electron chi connectivity index (χ2n) is 5.09. The van der Waals surface area contributed by atoms with Crippen LogP contribution >= 0.6 is 0 Å². The molecular weight excluding hydrogens is 246 g/mol. The number of aliphatic hydroxyl groups is 2. The Morgan fingerprint density at radius 1 is 0.895 bits per heavy atom. The second-order valence-corrected chi connectivity index (χ2v) is 5.09. The number of imide groups is 1. The summed E-state index contributed by atoms with van der Waals surface area (Å²) in [5, 5.41) is 18.6. The van der Waals surface area contributed by atoms with Crippen LogP contribution in [0.2, 0.25) is 0 Å². The van der Waals surface area contributed by atoms with Gasteiger partial charge in [-0.25, -0.2) is 0 Å². The molecule has 4 atom stereocenters. The molecule has 19 heavy (non-hydrogen) atoms. The summed E-state index contributed by atoms with van der Waals surface area (Å²) in [6.45, 7) is -0.345. The van der Waals surface area contributed by atoms with Crippen LogP contribution < -0.4 is 4.90 Å². The Bertz CT molecular complexity index is 487. The fraction of sp³-hybridized carbons (Fsp3) is 0.429. The van der Waals surface area contributed by atoms with E-state index in [4.69, 9.17) is 0 Å². The Balaban J connectivity index is 1.94. The van der Waals surface area contributed by atoms with Crippen molar-refractivity contribution >= 4 is 17.5 Å². The van der Waals surface area contributed by atoms with E-state index in [-0.39, 0.29) is 36.9 Å². The first kappa shape index (κ1) is 12.3. The zero-order chi connectivity index (χ0) is 13.6. The molecule has 5 nitrogen and oxygen atoms in total. The van der Waals surface area contributed by atoms with Crippen LogP contribution in [-0.2, 0) is 9.59 Å². The van der Waals surface area contributed by atoms with E-state index < -0.39 is 11.8 Å². The van der Waals surface area contributed by atoms with Gasteiger partial charge in [0, 0.05) is 25.0 Å². The monoisotopic (exact) mass is 261 g/mol. The van der Waals surface area contributed by atoms with Crippen LogP contribution in [0.1, 0.15) is 0 Å². The second kappa shape index (κ2) is 4.43. The van der Waals surface area contributed by atoms with Gasteiger partial charge in [0.25, 0.3) is 0 Å². The van der Waals surface area contributed by atoms with E-state index >= 15 is 0 Å². The Morgan fingerprint density at radius 3 is 1.79 bits per heavy atom. The van der Waals surface area contributed by atoms with Crippen molar-refractivity contribution in [2.24, 2.45) is 23.7 Å². The molecule has 5 heteroatoms. The van der Waals surface area contributed by atoms with E-state index in [1.165, 1.54) is 4.90 Å². The molecule has 0 spiro atoms. The van der Waals surface area contributed by atoms with E-state index in [2.05, 4.69) is 0 Å². The van der Waals surface area contributed by atoms with Gasteiger partial charge in [0.1, 0.15) is 0 Å². The molecule has 1 aromatic rings. The number of rotatable bonds is 3. The van der Waals surface area contributed by atoms with Gasteiger partial charge in [-0.05, 0) is 12.1 Å². The van der Waals surface area contributed by atoms with Gasteiger partial charge in [0.05, 0.1) is 17.5 Å². The zero-order valence-electron chi connectivity index (χ0n) is 10.3. The first-order valence-electron chi connectivity index (χ1n) is 6.35. The van der Waals surface area contributed by atoms with Gasteiger partial charge in [-0.3, -0.25) is 14.5 Å². The number of amides is 2. The normalized spacial score (nSPS) is 33.3. The summed E-state index contributed by atoms with van der Waals surface area (Å²) in [6.07, 6.45) is 0. The van der Waals surface area contributed by atoms with Crippen LogP contribution in [0, 0.1) is 23.7 Å². The van der Waals surface area contributed by atoms with Gasteiger partial charge >= 0.3 is 0 Å². The van der Waals surface area contributed by atoms with Gasteiger partial charge in [0.15, 0.2) is 0 Å². The average Bonchev–Trinajstić information content (AvgIpc) is 2.60. The predicted octanol–water partition coefficient (Wildman–Crippen LogP) is 0.0228. The Hall–Kier alpha value is -1.72. The molecule has 0 aromatic heterocycles. The first-order valence-corrected chi connectivity index (χ1v) is 6.35. The van der Waals surface area contributed by atoms with Crippen LogP contribution in [0.3, 0.4) is 0 Å². The molecule has 1 saturated carbocycles. The summed E-state index contributed by atoms with van der Waals surface area (Å²) in [7, 11) is 0. The molecule has 1 aliphatic carbocycles. The maximum Gasteiger partial charge on any atom is 0.238 e. The molecule has 1 heterocycles. The fourth-order valence-corrected chi connectivity index (χ4v) is 3.33. The third-order valence-corrected chi connectivity index (χ3v) is 4.31. The van der Waals surface area contributed by atoms with E-state index in [1.54, 1.807) is 24.3 Å². The van der Waals surface area contributed by atoms with Crippen molar-refractivity contribution in [3.63, 3.8) is 0 Å². The molecule has 0 radical (unpaired) electrons. The summed E-state index contributed by atoms with van der Waals surface area (Å²) in [5.74, 6) is -2.08. The van der Waals surface area contributed by atoms with Crippen molar-refractivity contribution in [3.8, 4) is 0 Å². The number of carbonyl (C=O) groups is 2. The number of anilines is 1. The first-order chi connectivity index (χ1) is 9.20. The Labute approximate surface area is 110 Å². The summed E-state index contributed by atoms with van der Waals surface area (Å²) in [4.78, 5) is 25.8. The maximum absolute atomic E-state index is 12.3. The van der Waals surface area contributed by atoms with Crippen LogP contribution in [0.15, 0.2) is 30.3 Å². The lowest BCUT2D eigenvalue weighted by molar-refractivity contribution is -0.142. The number of nitrogens with zero attached hydrogens (tertiary/aromatic N) is 1. The zero-order valence-corrected chi connectivity index (χ0v) is 10.3. The predicted molar refractivity (Wildman–Crippen MR) is 67.1 cm³/mol. The number of benzene rings is 1. The van der Waals surface area contributed by atoms with Gasteiger partial charge in [0.2, 0.25) is 11.8 Å². The van der Waals surface area contributed by atoms with E-state index in [9.17, 15) is 19.8 Å². The standard InChI is InChI=1S/C14H15NO4/c16-6-9-10(7-17)12-11(9)13(18)15(14(12)19)8-4-2-1-3-5-8/h1-5,9-12,16-17H,6-7H2/t9-,10+,11+,12-. The SMILES string of the molecule is O=C1[C@@H]2[C@@H](CO)[C@@H](CO)[C@@H]2C(=O)N1c1ccccc1. The molecular formula is C14H15NO4. The molecule has 0 unspecified atom stereocenters. The van der Waals surface area contributed by atoms with Crippen LogP contribution in [-0.4, -0.2) is 35.2 Å². The molecule has 2 N–H and O–H groups in total. The van der Waals surface area contributed by atoms with Crippen molar-refractivity contribution in [2.45, 2.75) is 0 Å². The average molecular weight is 261 g/mol.